The molecule has 3 aromatic rings. The van der Waals surface area contributed by atoms with E-state index in [0.717, 1.165) is 16.9 Å². The second-order valence-electron chi connectivity index (χ2n) is 5.84. The number of carbonyl (C=O) groups is 1. The average Bonchev–Trinajstić information content (AvgIpc) is 3.22. The third-order valence-electron chi connectivity index (χ3n) is 4.01. The van der Waals surface area contributed by atoms with Crippen molar-refractivity contribution in [3.63, 3.8) is 0 Å². The fraction of sp³-hybridized carbons (Fsp3) is 0.158. The second kappa shape index (κ2) is 6.50. The molecule has 1 aliphatic heterocycles. The van der Waals surface area contributed by atoms with Crippen LogP contribution in [-0.4, -0.2) is 17.0 Å². The maximum absolute atomic E-state index is 13.2. The molecule has 4 nitrogen and oxygen atoms in total. The van der Waals surface area contributed by atoms with Crippen LogP contribution in [-0.2, 0) is 11.2 Å². The number of anilines is 2. The Kier molecular flexibility index (Phi) is 4.19. The van der Waals surface area contributed by atoms with E-state index >= 15 is 0 Å². The van der Waals surface area contributed by atoms with Gasteiger partial charge in [-0.15, -0.1) is 11.3 Å². The number of amides is 1. The molecule has 0 saturated heterocycles. The van der Waals surface area contributed by atoms with Crippen molar-refractivity contribution in [2.45, 2.75) is 19.4 Å². The number of aromatic nitrogens is 1. The lowest BCUT2D eigenvalue weighted by molar-refractivity contribution is -0.123. The van der Waals surface area contributed by atoms with E-state index in [4.69, 9.17) is 16.3 Å². The number of rotatable bonds is 3. The van der Waals surface area contributed by atoms with Crippen LogP contribution in [0, 0.1) is 6.92 Å². The van der Waals surface area contributed by atoms with E-state index in [9.17, 15) is 4.79 Å². The predicted octanol–water partition coefficient (Wildman–Crippen LogP) is 4.77. The molecular weight excluding hydrogens is 356 g/mol. The Labute approximate surface area is 154 Å². The van der Waals surface area contributed by atoms with Crippen molar-refractivity contribution in [2.24, 2.45) is 0 Å². The van der Waals surface area contributed by atoms with Gasteiger partial charge in [0.25, 0.3) is 5.91 Å². The van der Waals surface area contributed by atoms with Crippen LogP contribution in [0.15, 0.2) is 53.9 Å². The maximum Gasteiger partial charge on any atom is 0.274 e. The van der Waals surface area contributed by atoms with E-state index in [1.807, 2.05) is 54.8 Å². The smallest absolute Gasteiger partial charge is 0.274 e. The number of nitrogens with zero attached hydrogens (tertiary/aromatic N) is 2. The quantitative estimate of drug-likeness (QED) is 0.666. The highest BCUT2D eigenvalue weighted by atomic mass is 35.5. The lowest BCUT2D eigenvalue weighted by Gasteiger charge is -2.23. The summed E-state index contributed by atoms with van der Waals surface area (Å²) < 4.78 is 5.88. The molecule has 6 heteroatoms. The first-order valence-corrected chi connectivity index (χ1v) is 9.14. The van der Waals surface area contributed by atoms with E-state index in [1.54, 1.807) is 11.0 Å². The first-order valence-electron chi connectivity index (χ1n) is 7.88. The highest BCUT2D eigenvalue weighted by molar-refractivity contribution is 7.14. The zero-order valence-corrected chi connectivity index (χ0v) is 15.1. The number of benzene rings is 2. The molecule has 4 rings (SSSR count). The molecule has 0 radical (unpaired) electrons. The van der Waals surface area contributed by atoms with Crippen molar-refractivity contribution in [3.05, 3.63) is 70.2 Å². The van der Waals surface area contributed by atoms with Crippen LogP contribution in [0.3, 0.4) is 0 Å². The Morgan fingerprint density at radius 3 is 2.80 bits per heavy atom. The van der Waals surface area contributed by atoms with Crippen LogP contribution < -0.4 is 9.64 Å². The summed E-state index contributed by atoms with van der Waals surface area (Å²) in [6, 6.07) is 15.0. The topological polar surface area (TPSA) is 42.4 Å². The van der Waals surface area contributed by atoms with Gasteiger partial charge in [0.05, 0.1) is 11.4 Å². The van der Waals surface area contributed by atoms with E-state index < -0.39 is 6.10 Å². The summed E-state index contributed by atoms with van der Waals surface area (Å²) in [5.74, 6) is 0.582. The van der Waals surface area contributed by atoms with Gasteiger partial charge in [0.2, 0.25) is 0 Å². The Morgan fingerprint density at radius 1 is 1.28 bits per heavy atom. The molecule has 2 heterocycles. The van der Waals surface area contributed by atoms with Gasteiger partial charge in [0.1, 0.15) is 5.75 Å². The molecule has 1 atom stereocenters. The molecule has 126 valence electrons. The molecule has 0 saturated carbocycles. The molecule has 0 N–H and O–H groups in total. The predicted molar refractivity (Wildman–Crippen MR) is 100 cm³/mol. The van der Waals surface area contributed by atoms with E-state index in [1.165, 1.54) is 11.3 Å². The first-order chi connectivity index (χ1) is 12.1. The minimum Gasteiger partial charge on any atom is -0.480 e. The highest BCUT2D eigenvalue weighted by Gasteiger charge is 2.35. The van der Waals surface area contributed by atoms with Crippen molar-refractivity contribution in [2.75, 3.05) is 4.90 Å². The SMILES string of the molecule is Cc1csc(N(C(=O)C2Cc3cc(Cl)ccc3O2)c2ccccc2)n1. The minimum atomic E-state index is -0.585. The summed E-state index contributed by atoms with van der Waals surface area (Å²) in [6.45, 7) is 1.91. The highest BCUT2D eigenvalue weighted by Crippen LogP contribution is 2.35. The third kappa shape index (κ3) is 3.13. The summed E-state index contributed by atoms with van der Waals surface area (Å²) in [5, 5.41) is 3.22. The standard InChI is InChI=1S/C19H15ClN2O2S/c1-12-11-25-19(21-12)22(15-5-3-2-4-6-15)18(23)17-10-13-9-14(20)7-8-16(13)24-17/h2-9,11,17H,10H2,1H3. The monoisotopic (exact) mass is 370 g/mol. The first kappa shape index (κ1) is 16.1. The van der Waals surface area contributed by atoms with Crippen molar-refractivity contribution in [3.8, 4) is 5.75 Å². The Balaban J connectivity index is 1.68. The van der Waals surface area contributed by atoms with E-state index in [2.05, 4.69) is 4.98 Å². The fourth-order valence-corrected chi connectivity index (χ4v) is 3.87. The van der Waals surface area contributed by atoms with E-state index in [0.29, 0.717) is 22.3 Å². The number of halogens is 1. The summed E-state index contributed by atoms with van der Waals surface area (Å²) in [7, 11) is 0. The zero-order valence-electron chi connectivity index (χ0n) is 13.5. The molecule has 0 aliphatic carbocycles. The number of carbonyl (C=O) groups excluding carboxylic acids is 1. The molecule has 2 aromatic carbocycles. The van der Waals surface area contributed by atoms with Crippen LogP contribution in [0.2, 0.25) is 5.02 Å². The fourth-order valence-electron chi connectivity index (χ4n) is 2.85. The van der Waals surface area contributed by atoms with Gasteiger partial charge in [0, 0.05) is 16.8 Å². The number of ether oxygens (including phenoxy) is 1. The van der Waals surface area contributed by atoms with Crippen LogP contribution in [0.25, 0.3) is 0 Å². The van der Waals surface area contributed by atoms with Crippen LogP contribution in [0.4, 0.5) is 10.8 Å². The van der Waals surface area contributed by atoms with Crippen molar-refractivity contribution in [1.29, 1.82) is 0 Å². The maximum atomic E-state index is 13.2. The lowest BCUT2D eigenvalue weighted by atomic mass is 10.1. The van der Waals surface area contributed by atoms with Crippen LogP contribution >= 0.6 is 22.9 Å². The summed E-state index contributed by atoms with van der Waals surface area (Å²) in [6.07, 6.45) is -0.0829. The Bertz CT molecular complexity index is 926. The number of hydrogen-bond acceptors (Lipinski definition) is 4. The molecule has 1 aliphatic rings. The summed E-state index contributed by atoms with van der Waals surface area (Å²) in [4.78, 5) is 19.4. The molecular formula is C19H15ClN2O2S. The van der Waals surface area contributed by atoms with Gasteiger partial charge in [0.15, 0.2) is 11.2 Å². The van der Waals surface area contributed by atoms with Gasteiger partial charge < -0.3 is 4.74 Å². The summed E-state index contributed by atoms with van der Waals surface area (Å²) >= 11 is 7.49. The Morgan fingerprint density at radius 2 is 2.08 bits per heavy atom. The van der Waals surface area contributed by atoms with Crippen molar-refractivity contribution < 1.29 is 9.53 Å². The largest absolute Gasteiger partial charge is 0.480 e. The lowest BCUT2D eigenvalue weighted by Crippen LogP contribution is -2.38. The normalized spacial score (nSPS) is 15.5. The van der Waals surface area contributed by atoms with Gasteiger partial charge in [-0.25, -0.2) is 4.98 Å². The number of para-hydroxylation sites is 1. The average molecular weight is 371 g/mol. The van der Waals surface area contributed by atoms with Crippen molar-refractivity contribution >= 4 is 39.7 Å². The zero-order chi connectivity index (χ0) is 17.4. The minimum absolute atomic E-state index is 0.132. The number of thiazole rings is 1. The Hall–Kier alpha value is -2.37. The molecule has 0 bridgehead atoms. The summed E-state index contributed by atoms with van der Waals surface area (Å²) in [5.41, 5.74) is 2.62. The number of aryl methyl sites for hydroxylation is 1. The van der Waals surface area contributed by atoms with E-state index in [-0.39, 0.29) is 5.91 Å². The molecule has 1 aromatic heterocycles. The molecule has 0 fully saturated rings. The number of fused-ring (bicyclic) bond motifs is 1. The molecule has 1 amide bonds. The second-order valence-corrected chi connectivity index (χ2v) is 7.12. The molecule has 1 unspecified atom stereocenters. The molecule has 25 heavy (non-hydrogen) atoms. The van der Waals surface area contributed by atoms with Crippen LogP contribution in [0.5, 0.6) is 5.75 Å². The number of hydrogen-bond donors (Lipinski definition) is 0. The van der Waals surface area contributed by atoms with Gasteiger partial charge in [-0.1, -0.05) is 29.8 Å². The molecule has 0 spiro atoms. The van der Waals surface area contributed by atoms with Gasteiger partial charge in [-0.3, -0.25) is 9.69 Å². The van der Waals surface area contributed by atoms with Crippen LogP contribution in [0.1, 0.15) is 11.3 Å². The third-order valence-corrected chi connectivity index (χ3v) is 5.18. The van der Waals surface area contributed by atoms with Gasteiger partial charge in [-0.05, 0) is 42.8 Å². The van der Waals surface area contributed by atoms with Gasteiger partial charge in [-0.2, -0.15) is 0 Å². The van der Waals surface area contributed by atoms with Crippen molar-refractivity contribution in [1.82, 2.24) is 4.98 Å². The van der Waals surface area contributed by atoms with Gasteiger partial charge >= 0.3 is 0 Å².